The minimum Gasteiger partial charge on any atom is -0.333 e. The van der Waals surface area contributed by atoms with Gasteiger partial charge in [0.2, 0.25) is 0 Å². The highest BCUT2D eigenvalue weighted by molar-refractivity contribution is 7.19. The molecule has 108 valence electrons. The molecular weight excluding hydrogens is 296 g/mol. The summed E-state index contributed by atoms with van der Waals surface area (Å²) in [6.07, 6.45) is 0. The van der Waals surface area contributed by atoms with Crippen LogP contribution in [-0.2, 0) is 5.54 Å². The standard InChI is InChI=1S/C13H17ClN4OS/c1-13(2,18-7-5-15-6-8-18)12-16-11(19-17-12)9-3-4-10(14)20-9/h3-4,15H,5-8H2,1-2H3. The molecule has 0 spiro atoms. The van der Waals surface area contributed by atoms with Crippen molar-refractivity contribution in [2.75, 3.05) is 26.2 Å². The fraction of sp³-hybridized carbons (Fsp3) is 0.538. The minimum absolute atomic E-state index is 0.231. The summed E-state index contributed by atoms with van der Waals surface area (Å²) in [5, 5.41) is 7.52. The summed E-state index contributed by atoms with van der Waals surface area (Å²) in [6.45, 7) is 8.23. The Morgan fingerprint density at radius 3 is 2.75 bits per heavy atom. The van der Waals surface area contributed by atoms with Gasteiger partial charge in [-0.05, 0) is 26.0 Å². The Morgan fingerprint density at radius 2 is 2.10 bits per heavy atom. The first-order valence-electron chi connectivity index (χ1n) is 6.63. The van der Waals surface area contributed by atoms with E-state index in [4.69, 9.17) is 16.1 Å². The quantitative estimate of drug-likeness (QED) is 0.944. The molecule has 0 atom stereocenters. The number of aromatic nitrogens is 2. The zero-order valence-electron chi connectivity index (χ0n) is 11.5. The molecule has 0 radical (unpaired) electrons. The van der Waals surface area contributed by atoms with Gasteiger partial charge in [-0.2, -0.15) is 4.98 Å². The third-order valence-corrected chi connectivity index (χ3v) is 4.88. The SMILES string of the molecule is CC(C)(c1noc(-c2ccc(Cl)s2)n1)N1CCNCC1. The van der Waals surface area contributed by atoms with Gasteiger partial charge in [0.1, 0.15) is 0 Å². The van der Waals surface area contributed by atoms with Crippen LogP contribution in [0.5, 0.6) is 0 Å². The second kappa shape index (κ2) is 5.44. The summed E-state index contributed by atoms with van der Waals surface area (Å²) < 4.78 is 6.11. The fourth-order valence-electron chi connectivity index (χ4n) is 2.37. The number of halogens is 1. The highest BCUT2D eigenvalue weighted by Crippen LogP contribution is 2.32. The zero-order valence-corrected chi connectivity index (χ0v) is 13.1. The van der Waals surface area contributed by atoms with Crippen LogP contribution >= 0.6 is 22.9 Å². The molecular formula is C13H17ClN4OS. The molecule has 2 aromatic heterocycles. The van der Waals surface area contributed by atoms with E-state index in [1.807, 2.05) is 12.1 Å². The molecule has 3 rings (SSSR count). The highest BCUT2D eigenvalue weighted by Gasteiger charge is 2.34. The predicted molar refractivity (Wildman–Crippen MR) is 80.1 cm³/mol. The molecule has 1 aliphatic rings. The lowest BCUT2D eigenvalue weighted by atomic mass is 10.0. The predicted octanol–water partition coefficient (Wildman–Crippen LogP) is 2.59. The van der Waals surface area contributed by atoms with Crippen molar-refractivity contribution in [3.63, 3.8) is 0 Å². The summed E-state index contributed by atoms with van der Waals surface area (Å²) in [5.41, 5.74) is -0.231. The molecule has 1 saturated heterocycles. The number of rotatable bonds is 3. The molecule has 1 N–H and O–H groups in total. The van der Waals surface area contributed by atoms with Crippen LogP contribution in [0, 0.1) is 0 Å². The van der Waals surface area contributed by atoms with Crippen LogP contribution in [0.3, 0.4) is 0 Å². The summed E-state index contributed by atoms with van der Waals surface area (Å²) in [5.74, 6) is 1.26. The lowest BCUT2D eigenvalue weighted by Gasteiger charge is -2.38. The third kappa shape index (κ3) is 2.61. The third-order valence-electron chi connectivity index (χ3n) is 3.66. The van der Waals surface area contributed by atoms with Crippen LogP contribution in [0.2, 0.25) is 4.34 Å². The maximum Gasteiger partial charge on any atom is 0.268 e. The molecule has 0 aliphatic carbocycles. The van der Waals surface area contributed by atoms with E-state index < -0.39 is 0 Å². The van der Waals surface area contributed by atoms with Crippen LogP contribution in [0.4, 0.5) is 0 Å². The van der Waals surface area contributed by atoms with Gasteiger partial charge in [-0.3, -0.25) is 4.90 Å². The number of nitrogens with zero attached hydrogens (tertiary/aromatic N) is 3. The number of hydrogen-bond acceptors (Lipinski definition) is 6. The van der Waals surface area contributed by atoms with Crippen molar-refractivity contribution in [1.29, 1.82) is 0 Å². The van der Waals surface area contributed by atoms with E-state index in [1.165, 1.54) is 11.3 Å². The molecule has 0 bridgehead atoms. The zero-order chi connectivity index (χ0) is 14.2. The first kappa shape index (κ1) is 14.0. The lowest BCUT2D eigenvalue weighted by molar-refractivity contribution is 0.0925. The normalized spacial score (nSPS) is 17.6. The molecule has 0 unspecified atom stereocenters. The van der Waals surface area contributed by atoms with Crippen molar-refractivity contribution < 1.29 is 4.52 Å². The molecule has 1 fully saturated rings. The smallest absolute Gasteiger partial charge is 0.268 e. The van der Waals surface area contributed by atoms with Gasteiger partial charge in [0.05, 0.1) is 14.8 Å². The molecule has 3 heterocycles. The maximum absolute atomic E-state index is 5.94. The van der Waals surface area contributed by atoms with Gasteiger partial charge in [-0.1, -0.05) is 16.8 Å². The van der Waals surface area contributed by atoms with Crippen molar-refractivity contribution >= 4 is 22.9 Å². The summed E-state index contributed by atoms with van der Waals surface area (Å²) in [6, 6.07) is 3.75. The van der Waals surface area contributed by atoms with Gasteiger partial charge >= 0.3 is 0 Å². The Labute approximate surface area is 126 Å². The van der Waals surface area contributed by atoms with E-state index >= 15 is 0 Å². The monoisotopic (exact) mass is 312 g/mol. The van der Waals surface area contributed by atoms with Crippen LogP contribution in [-0.4, -0.2) is 41.2 Å². The van der Waals surface area contributed by atoms with Crippen molar-refractivity contribution in [3.8, 4) is 10.8 Å². The molecule has 0 saturated carbocycles. The molecule has 0 aromatic carbocycles. The van der Waals surface area contributed by atoms with Gasteiger partial charge in [0, 0.05) is 26.2 Å². The van der Waals surface area contributed by atoms with E-state index in [0.717, 1.165) is 41.2 Å². The first-order valence-corrected chi connectivity index (χ1v) is 7.82. The largest absolute Gasteiger partial charge is 0.333 e. The van der Waals surface area contributed by atoms with Crippen LogP contribution < -0.4 is 5.32 Å². The molecule has 2 aromatic rings. The van der Waals surface area contributed by atoms with Crippen LogP contribution in [0.25, 0.3) is 10.8 Å². The van der Waals surface area contributed by atoms with Crippen molar-refractivity contribution in [1.82, 2.24) is 20.4 Å². The Hall–Kier alpha value is -0.950. The van der Waals surface area contributed by atoms with Gasteiger partial charge in [-0.25, -0.2) is 0 Å². The van der Waals surface area contributed by atoms with Crippen molar-refractivity contribution in [3.05, 3.63) is 22.3 Å². The first-order chi connectivity index (χ1) is 9.57. The molecule has 5 nitrogen and oxygen atoms in total. The van der Waals surface area contributed by atoms with E-state index in [9.17, 15) is 0 Å². The Balaban J connectivity index is 1.85. The molecule has 20 heavy (non-hydrogen) atoms. The van der Waals surface area contributed by atoms with E-state index in [1.54, 1.807) is 0 Å². The molecule has 0 amide bonds. The number of hydrogen-bond donors (Lipinski definition) is 1. The van der Waals surface area contributed by atoms with Crippen molar-refractivity contribution in [2.24, 2.45) is 0 Å². The number of nitrogens with one attached hydrogen (secondary N) is 1. The van der Waals surface area contributed by atoms with Gasteiger partial charge in [0.25, 0.3) is 5.89 Å². The lowest BCUT2D eigenvalue weighted by Crippen LogP contribution is -2.52. The Kier molecular flexibility index (Phi) is 3.81. The van der Waals surface area contributed by atoms with E-state index in [2.05, 4.69) is 34.2 Å². The molecule has 7 heteroatoms. The van der Waals surface area contributed by atoms with Crippen LogP contribution in [0.1, 0.15) is 19.7 Å². The Morgan fingerprint density at radius 1 is 1.35 bits per heavy atom. The molecule has 1 aliphatic heterocycles. The maximum atomic E-state index is 5.94. The van der Waals surface area contributed by atoms with E-state index in [0.29, 0.717) is 5.89 Å². The second-order valence-corrected chi connectivity index (χ2v) is 7.04. The fourth-order valence-corrected chi connectivity index (χ4v) is 3.33. The van der Waals surface area contributed by atoms with E-state index in [-0.39, 0.29) is 5.54 Å². The second-order valence-electron chi connectivity index (χ2n) is 5.32. The number of thiophene rings is 1. The van der Waals surface area contributed by atoms with Crippen LogP contribution in [0.15, 0.2) is 16.7 Å². The van der Waals surface area contributed by atoms with Gasteiger partial charge in [0.15, 0.2) is 5.82 Å². The van der Waals surface area contributed by atoms with Crippen molar-refractivity contribution in [2.45, 2.75) is 19.4 Å². The topological polar surface area (TPSA) is 54.2 Å². The summed E-state index contributed by atoms with van der Waals surface area (Å²) >= 11 is 7.39. The van der Waals surface area contributed by atoms with Gasteiger partial charge < -0.3 is 9.84 Å². The Bertz CT molecular complexity index is 589. The highest BCUT2D eigenvalue weighted by atomic mass is 35.5. The average Bonchev–Trinajstić information content (AvgIpc) is 3.08. The number of piperazine rings is 1. The summed E-state index contributed by atoms with van der Waals surface area (Å²) in [7, 11) is 0. The minimum atomic E-state index is -0.231. The summed E-state index contributed by atoms with van der Waals surface area (Å²) in [4.78, 5) is 7.83. The average molecular weight is 313 g/mol. The van der Waals surface area contributed by atoms with Gasteiger partial charge in [-0.15, -0.1) is 11.3 Å².